The zero-order chi connectivity index (χ0) is 35.1. The molecule has 1 fully saturated rings. The fourth-order valence-electron chi connectivity index (χ4n) is 5.92. The van der Waals surface area contributed by atoms with Crippen molar-refractivity contribution < 1.29 is 38.6 Å². The molecule has 16 nitrogen and oxygen atoms in total. The first-order valence-electron chi connectivity index (χ1n) is 15.7. The summed E-state index contributed by atoms with van der Waals surface area (Å²) in [6.45, 7) is 2.02. The largest absolute Gasteiger partial charge is 0.507 e. The number of imide groups is 2. The third-order valence-corrected chi connectivity index (χ3v) is 8.25. The number of benzene rings is 2. The van der Waals surface area contributed by atoms with E-state index in [4.69, 9.17) is 10.5 Å². The number of nitrogens with one attached hydrogen (secondary N) is 3. The van der Waals surface area contributed by atoms with E-state index in [0.29, 0.717) is 49.3 Å². The second-order valence-corrected chi connectivity index (χ2v) is 11.5. The van der Waals surface area contributed by atoms with Crippen molar-refractivity contribution in [3.05, 3.63) is 59.7 Å². The molecule has 49 heavy (non-hydrogen) atoms. The molecule has 16 heteroatoms. The fraction of sp³-hybridized carbons (Fsp3) is 0.333. The van der Waals surface area contributed by atoms with Crippen LogP contribution in [-0.2, 0) is 23.9 Å². The molecule has 2 aromatic carbocycles. The lowest BCUT2D eigenvalue weighted by molar-refractivity contribution is -0.130. The van der Waals surface area contributed by atoms with Gasteiger partial charge in [-0.25, -0.2) is 0 Å². The van der Waals surface area contributed by atoms with E-state index in [2.05, 4.69) is 20.8 Å². The first-order chi connectivity index (χ1) is 23.6. The van der Waals surface area contributed by atoms with Gasteiger partial charge in [0.1, 0.15) is 25.0 Å². The number of carbonyl (C=O) groups is 6. The third kappa shape index (κ3) is 7.65. The van der Waals surface area contributed by atoms with Crippen molar-refractivity contribution in [3.63, 3.8) is 0 Å². The number of nitrogens with two attached hydrogens (primary N) is 1. The van der Waals surface area contributed by atoms with Crippen molar-refractivity contribution in [3.8, 4) is 17.0 Å². The summed E-state index contributed by atoms with van der Waals surface area (Å²) < 4.78 is 5.32. The number of nitrogen functional groups attached to an aromatic ring is 1. The maximum atomic E-state index is 13.3. The van der Waals surface area contributed by atoms with Gasteiger partial charge in [0.2, 0.25) is 24.1 Å². The van der Waals surface area contributed by atoms with Crippen LogP contribution in [0.2, 0.25) is 0 Å². The van der Waals surface area contributed by atoms with Gasteiger partial charge < -0.3 is 31.1 Å². The summed E-state index contributed by atoms with van der Waals surface area (Å²) >= 11 is 0. The molecule has 2 aliphatic heterocycles. The van der Waals surface area contributed by atoms with Crippen molar-refractivity contribution in [2.24, 2.45) is 0 Å². The molecule has 0 aliphatic carbocycles. The number of nitrogens with zero attached hydrogens (tertiary/aromatic N) is 4. The minimum atomic E-state index is -1.20. The number of fused-ring (bicyclic) bond motifs is 1. The van der Waals surface area contributed by atoms with Crippen molar-refractivity contribution in [1.29, 1.82) is 0 Å². The van der Waals surface area contributed by atoms with Crippen molar-refractivity contribution in [2.45, 2.75) is 44.7 Å². The number of piperidine rings is 1. The van der Waals surface area contributed by atoms with Crippen molar-refractivity contribution in [1.82, 2.24) is 25.7 Å². The highest BCUT2D eigenvalue weighted by atomic mass is 16.5. The molecule has 6 N–H and O–H groups in total. The molecule has 1 saturated heterocycles. The van der Waals surface area contributed by atoms with Gasteiger partial charge in [0.05, 0.1) is 28.2 Å². The van der Waals surface area contributed by atoms with Crippen LogP contribution >= 0.6 is 0 Å². The van der Waals surface area contributed by atoms with Crippen LogP contribution < -0.4 is 26.6 Å². The smallest absolute Gasteiger partial charge is 0.264 e. The Labute approximate surface area is 281 Å². The second-order valence-electron chi connectivity index (χ2n) is 11.5. The Morgan fingerprint density at radius 1 is 1.02 bits per heavy atom. The van der Waals surface area contributed by atoms with Gasteiger partial charge in [-0.2, -0.15) is 0 Å². The van der Waals surface area contributed by atoms with Crippen LogP contribution in [0.1, 0.15) is 53.3 Å². The molecular formula is C33H36N8O8. The number of phenolic OH excluding ortho intramolecular Hbond substituents is 1. The molecule has 3 aromatic rings. The van der Waals surface area contributed by atoms with Gasteiger partial charge in [0.15, 0.2) is 5.82 Å². The monoisotopic (exact) mass is 672 g/mol. The van der Waals surface area contributed by atoms with Gasteiger partial charge in [0.25, 0.3) is 11.8 Å². The lowest BCUT2D eigenvalue weighted by Crippen LogP contribution is -2.49. The first-order valence-corrected chi connectivity index (χ1v) is 15.7. The summed E-state index contributed by atoms with van der Waals surface area (Å²) in [7, 11) is 0. The van der Waals surface area contributed by atoms with E-state index in [0.717, 1.165) is 4.90 Å². The van der Waals surface area contributed by atoms with E-state index in [1.807, 2.05) is 10.2 Å². The average molecular weight is 673 g/mol. The number of hydrogen-bond acceptors (Lipinski definition) is 12. The number of anilines is 3. The molecule has 1 aromatic heterocycles. The number of amides is 6. The molecular weight excluding hydrogens is 636 g/mol. The standard InChI is InChI=1S/C33H36N8O8/c1-2-6-24(31(46)35-18-42)41-32(47)21-8-5-9-22(29(21)33(41)48)37-28(45)17-49-16-27(44)36-19-11-13-40(14-12-19)25-15-23(38-39-30(25)34)20-7-3-4-10-26(20)43/h3-5,7-10,15,18-19,24,43H,2,6,11-14,16-17H2,1H3,(H2,34,39)(H,36,44)(H,37,45)(H,35,42,46). The normalized spacial score (nSPS) is 15.0. The predicted molar refractivity (Wildman–Crippen MR) is 176 cm³/mol. The van der Waals surface area contributed by atoms with Gasteiger partial charge in [-0.15, -0.1) is 10.2 Å². The Balaban J connectivity index is 1.10. The minimum absolute atomic E-state index is 0.00737. The van der Waals surface area contributed by atoms with Crippen LogP contribution in [0.4, 0.5) is 17.2 Å². The molecule has 0 saturated carbocycles. The van der Waals surface area contributed by atoms with Gasteiger partial charge in [-0.05, 0) is 49.6 Å². The van der Waals surface area contributed by atoms with Gasteiger partial charge in [-0.3, -0.25) is 39.0 Å². The van der Waals surface area contributed by atoms with E-state index in [-0.39, 0.29) is 53.9 Å². The van der Waals surface area contributed by atoms with Gasteiger partial charge in [-0.1, -0.05) is 31.5 Å². The number of phenols is 1. The van der Waals surface area contributed by atoms with E-state index >= 15 is 0 Å². The van der Waals surface area contributed by atoms with Crippen LogP contribution in [0.15, 0.2) is 48.5 Å². The third-order valence-electron chi connectivity index (χ3n) is 8.25. The quantitative estimate of drug-likeness (QED) is 0.128. The van der Waals surface area contributed by atoms with Gasteiger partial charge in [0, 0.05) is 24.7 Å². The Morgan fingerprint density at radius 2 is 1.73 bits per heavy atom. The molecule has 0 spiro atoms. The number of rotatable bonds is 13. The molecule has 5 rings (SSSR count). The number of hydrogen-bond donors (Lipinski definition) is 5. The van der Waals surface area contributed by atoms with Crippen molar-refractivity contribution in [2.75, 3.05) is 42.3 Å². The lowest BCUT2D eigenvalue weighted by Gasteiger charge is -2.34. The lowest BCUT2D eigenvalue weighted by atomic mass is 10.0. The zero-order valence-electron chi connectivity index (χ0n) is 26.7. The Morgan fingerprint density at radius 3 is 2.45 bits per heavy atom. The molecule has 2 aliphatic rings. The molecule has 0 radical (unpaired) electrons. The van der Waals surface area contributed by atoms with Crippen LogP contribution in [0.5, 0.6) is 5.75 Å². The SMILES string of the molecule is CCCC(C(=O)NC=O)N1C(=O)c2cccc(NC(=O)COCC(=O)NC3CCN(c4cc(-c5ccccc5O)nnc4N)CC3)c2C1=O. The molecule has 256 valence electrons. The Hall–Kier alpha value is -5.90. The Kier molecular flexibility index (Phi) is 10.8. The minimum Gasteiger partial charge on any atom is -0.507 e. The fourth-order valence-corrected chi connectivity index (χ4v) is 5.92. The topological polar surface area (TPSA) is 226 Å². The highest BCUT2D eigenvalue weighted by Gasteiger charge is 2.44. The molecule has 0 bridgehead atoms. The maximum Gasteiger partial charge on any atom is 0.264 e. The number of carbonyl (C=O) groups excluding carboxylic acids is 6. The predicted octanol–water partition coefficient (Wildman–Crippen LogP) is 1.21. The number of para-hydroxylation sites is 1. The number of ether oxygens (including phenoxy) is 1. The van der Waals surface area contributed by atoms with Crippen molar-refractivity contribution >= 4 is 53.1 Å². The summed E-state index contributed by atoms with van der Waals surface area (Å²) in [4.78, 5) is 77.8. The summed E-state index contributed by atoms with van der Waals surface area (Å²) in [5.74, 6) is -3.02. The summed E-state index contributed by atoms with van der Waals surface area (Å²) in [6.07, 6.45) is 2.00. The highest BCUT2D eigenvalue weighted by molar-refractivity contribution is 6.25. The number of aromatic nitrogens is 2. The van der Waals surface area contributed by atoms with Gasteiger partial charge >= 0.3 is 0 Å². The summed E-state index contributed by atoms with van der Waals surface area (Å²) in [5, 5.41) is 25.8. The summed E-state index contributed by atoms with van der Waals surface area (Å²) in [6, 6.07) is 11.6. The molecule has 3 heterocycles. The molecule has 1 unspecified atom stereocenters. The van der Waals surface area contributed by atoms with E-state index in [1.165, 1.54) is 18.2 Å². The summed E-state index contributed by atoms with van der Waals surface area (Å²) in [5.41, 5.74) is 7.79. The van der Waals surface area contributed by atoms with Crippen LogP contribution in [0.25, 0.3) is 11.3 Å². The maximum absolute atomic E-state index is 13.3. The first kappa shape index (κ1) is 34.4. The highest BCUT2D eigenvalue weighted by Crippen LogP contribution is 2.33. The van der Waals surface area contributed by atoms with Crippen LogP contribution in [0, 0.1) is 0 Å². The Bertz CT molecular complexity index is 1780. The van der Waals surface area contributed by atoms with E-state index in [1.54, 1.807) is 37.3 Å². The van der Waals surface area contributed by atoms with E-state index < -0.39 is 42.2 Å². The van der Waals surface area contributed by atoms with Crippen LogP contribution in [-0.4, -0.2) is 94.5 Å². The average Bonchev–Trinajstić information content (AvgIpc) is 3.34. The van der Waals surface area contributed by atoms with Crippen LogP contribution in [0.3, 0.4) is 0 Å². The molecule has 6 amide bonds. The molecule has 1 atom stereocenters. The number of aromatic hydroxyl groups is 1. The second kappa shape index (κ2) is 15.3. The van der Waals surface area contributed by atoms with E-state index in [9.17, 15) is 33.9 Å². The zero-order valence-corrected chi connectivity index (χ0v) is 26.7.